The van der Waals surface area contributed by atoms with Gasteiger partial charge in [-0.2, -0.15) is 18.3 Å². The van der Waals surface area contributed by atoms with E-state index in [1.54, 1.807) is 24.3 Å². The van der Waals surface area contributed by atoms with Crippen LogP contribution in [-0.4, -0.2) is 34.1 Å². The minimum absolute atomic E-state index is 0.0404. The number of hydrazone groups is 1. The SMILES string of the molecule is Cc1cc(-c2cccc(CO)c2)ccc1Oc1ccc(N2N=C(C(F)(F)F)CC2CC(=O)O)cc1. The van der Waals surface area contributed by atoms with Crippen LogP contribution in [0, 0.1) is 6.92 Å². The Hall–Kier alpha value is -3.85. The van der Waals surface area contributed by atoms with Crippen LogP contribution in [0.5, 0.6) is 11.5 Å². The van der Waals surface area contributed by atoms with E-state index in [1.807, 2.05) is 49.4 Å². The second kappa shape index (κ2) is 9.79. The molecule has 1 aliphatic rings. The van der Waals surface area contributed by atoms with Crippen LogP contribution in [-0.2, 0) is 11.4 Å². The van der Waals surface area contributed by atoms with Crippen molar-refractivity contribution >= 4 is 17.4 Å². The summed E-state index contributed by atoms with van der Waals surface area (Å²) in [4.78, 5) is 11.1. The summed E-state index contributed by atoms with van der Waals surface area (Å²) in [5.41, 5.74) is 2.98. The lowest BCUT2D eigenvalue weighted by Crippen LogP contribution is -2.29. The summed E-state index contributed by atoms with van der Waals surface area (Å²) in [6.07, 6.45) is -5.56. The van der Waals surface area contributed by atoms with Crippen molar-refractivity contribution in [3.05, 3.63) is 77.9 Å². The lowest BCUT2D eigenvalue weighted by molar-refractivity contribution is -0.137. The van der Waals surface area contributed by atoms with E-state index in [0.717, 1.165) is 27.3 Å². The molecule has 0 amide bonds. The zero-order chi connectivity index (χ0) is 25.2. The molecule has 0 aliphatic carbocycles. The van der Waals surface area contributed by atoms with Gasteiger partial charge in [0.1, 0.15) is 17.2 Å². The summed E-state index contributed by atoms with van der Waals surface area (Å²) < 4.78 is 45.4. The lowest BCUT2D eigenvalue weighted by atomic mass is 10.0. The molecule has 0 radical (unpaired) electrons. The third kappa shape index (κ3) is 5.63. The fraction of sp³-hybridized carbons (Fsp3) is 0.231. The Balaban J connectivity index is 1.52. The number of anilines is 1. The van der Waals surface area contributed by atoms with E-state index < -0.39 is 36.7 Å². The maximum absolute atomic E-state index is 13.1. The number of nitrogens with zero attached hydrogens (tertiary/aromatic N) is 2. The molecule has 1 atom stereocenters. The molecule has 4 rings (SSSR count). The third-order valence-electron chi connectivity index (χ3n) is 5.69. The van der Waals surface area contributed by atoms with Crippen molar-refractivity contribution in [1.29, 1.82) is 0 Å². The highest BCUT2D eigenvalue weighted by atomic mass is 19.4. The van der Waals surface area contributed by atoms with Crippen molar-refractivity contribution in [3.8, 4) is 22.6 Å². The molecule has 1 aliphatic heterocycles. The van der Waals surface area contributed by atoms with Crippen LogP contribution in [0.3, 0.4) is 0 Å². The fourth-order valence-electron chi connectivity index (χ4n) is 3.95. The Bertz CT molecular complexity index is 1260. The summed E-state index contributed by atoms with van der Waals surface area (Å²) in [5.74, 6) is -0.108. The molecule has 0 bridgehead atoms. The molecule has 3 aromatic rings. The van der Waals surface area contributed by atoms with Gasteiger partial charge in [0.2, 0.25) is 0 Å². The normalized spacial score (nSPS) is 15.7. The maximum Gasteiger partial charge on any atom is 0.431 e. The smallest absolute Gasteiger partial charge is 0.431 e. The van der Waals surface area contributed by atoms with Gasteiger partial charge in [-0.1, -0.05) is 24.3 Å². The topological polar surface area (TPSA) is 82.4 Å². The summed E-state index contributed by atoms with van der Waals surface area (Å²) in [7, 11) is 0. The van der Waals surface area contributed by atoms with Crippen molar-refractivity contribution in [2.45, 2.75) is 38.6 Å². The number of hydrogen-bond acceptors (Lipinski definition) is 5. The number of carboxylic acids is 1. The van der Waals surface area contributed by atoms with E-state index in [1.165, 1.54) is 0 Å². The van der Waals surface area contributed by atoms with Gasteiger partial charge in [-0.3, -0.25) is 9.80 Å². The third-order valence-corrected chi connectivity index (χ3v) is 5.69. The number of rotatable bonds is 7. The van der Waals surface area contributed by atoms with Gasteiger partial charge in [0.05, 0.1) is 24.8 Å². The minimum atomic E-state index is -4.61. The van der Waals surface area contributed by atoms with Crippen LogP contribution in [0.4, 0.5) is 18.9 Å². The number of hydrogen-bond donors (Lipinski definition) is 2. The van der Waals surface area contributed by atoms with Gasteiger partial charge in [-0.05, 0) is 71.6 Å². The Morgan fingerprint density at radius 3 is 2.43 bits per heavy atom. The van der Waals surface area contributed by atoms with E-state index in [2.05, 4.69) is 5.10 Å². The van der Waals surface area contributed by atoms with Gasteiger partial charge in [-0.15, -0.1) is 0 Å². The van der Waals surface area contributed by atoms with Crippen molar-refractivity contribution in [2.24, 2.45) is 5.10 Å². The first-order valence-electron chi connectivity index (χ1n) is 10.9. The monoisotopic (exact) mass is 484 g/mol. The number of aliphatic hydroxyl groups excluding tert-OH is 1. The van der Waals surface area contributed by atoms with E-state index in [0.29, 0.717) is 17.2 Å². The summed E-state index contributed by atoms with van der Waals surface area (Å²) >= 11 is 0. The molecule has 2 N–H and O–H groups in total. The number of benzene rings is 3. The molecule has 1 unspecified atom stereocenters. The van der Waals surface area contributed by atoms with Gasteiger partial charge in [0.25, 0.3) is 0 Å². The van der Waals surface area contributed by atoms with E-state index >= 15 is 0 Å². The first kappa shape index (κ1) is 24.3. The molecule has 35 heavy (non-hydrogen) atoms. The molecule has 6 nitrogen and oxygen atoms in total. The van der Waals surface area contributed by atoms with E-state index in [9.17, 15) is 23.1 Å². The fourth-order valence-corrected chi connectivity index (χ4v) is 3.95. The average Bonchev–Trinajstić information content (AvgIpc) is 3.24. The Morgan fingerprint density at radius 2 is 1.80 bits per heavy atom. The van der Waals surface area contributed by atoms with Crippen molar-refractivity contribution in [3.63, 3.8) is 0 Å². The van der Waals surface area contributed by atoms with E-state index in [-0.39, 0.29) is 6.61 Å². The standard InChI is InChI=1S/C26H23F3N2O4/c1-16-11-19(18-4-2-3-17(12-18)15-32)5-10-23(16)35-22-8-6-20(7-9-22)31-21(14-25(33)34)13-24(30-31)26(27,28)29/h2-12,21,32H,13-15H2,1H3,(H,33,34). The molecule has 0 spiro atoms. The number of aliphatic carboxylic acids is 1. The second-order valence-electron chi connectivity index (χ2n) is 8.28. The average molecular weight is 484 g/mol. The largest absolute Gasteiger partial charge is 0.481 e. The molecular formula is C26H23F3N2O4. The quantitative estimate of drug-likeness (QED) is 0.435. The number of alkyl halides is 3. The highest BCUT2D eigenvalue weighted by molar-refractivity contribution is 5.94. The summed E-state index contributed by atoms with van der Waals surface area (Å²) in [6, 6.07) is 18.7. The first-order valence-corrected chi connectivity index (χ1v) is 10.9. The lowest BCUT2D eigenvalue weighted by Gasteiger charge is -2.22. The van der Waals surface area contributed by atoms with Gasteiger partial charge >= 0.3 is 12.1 Å². The van der Waals surface area contributed by atoms with Crippen molar-refractivity contribution < 1.29 is 32.9 Å². The Labute approximate surface area is 199 Å². The highest BCUT2D eigenvalue weighted by Gasteiger charge is 2.43. The molecule has 0 saturated carbocycles. The molecule has 0 fully saturated rings. The number of carbonyl (C=O) groups is 1. The molecular weight excluding hydrogens is 461 g/mol. The molecule has 0 saturated heterocycles. The number of aliphatic hydroxyl groups is 1. The van der Waals surface area contributed by atoms with Gasteiger partial charge in [0, 0.05) is 6.42 Å². The molecule has 0 aromatic heterocycles. The Morgan fingerprint density at radius 1 is 1.09 bits per heavy atom. The number of ether oxygens (including phenoxy) is 1. The van der Waals surface area contributed by atoms with Crippen molar-refractivity contribution in [1.82, 2.24) is 0 Å². The van der Waals surface area contributed by atoms with Gasteiger partial charge < -0.3 is 14.9 Å². The van der Waals surface area contributed by atoms with Gasteiger partial charge in [0.15, 0.2) is 0 Å². The summed E-state index contributed by atoms with van der Waals surface area (Å²) in [6.45, 7) is 1.86. The van der Waals surface area contributed by atoms with Crippen LogP contribution >= 0.6 is 0 Å². The highest BCUT2D eigenvalue weighted by Crippen LogP contribution is 2.35. The van der Waals surface area contributed by atoms with Crippen LogP contribution in [0.1, 0.15) is 24.0 Å². The molecule has 1 heterocycles. The first-order chi connectivity index (χ1) is 16.6. The van der Waals surface area contributed by atoms with Gasteiger partial charge in [-0.25, -0.2) is 0 Å². The molecule has 9 heteroatoms. The number of aryl methyl sites for hydroxylation is 1. The molecule has 3 aromatic carbocycles. The summed E-state index contributed by atoms with van der Waals surface area (Å²) in [5, 5.41) is 23.2. The predicted octanol–water partition coefficient (Wildman–Crippen LogP) is 5.92. The number of carboxylic acid groups (broad SMARTS) is 1. The van der Waals surface area contributed by atoms with Crippen molar-refractivity contribution in [2.75, 3.05) is 5.01 Å². The van der Waals surface area contributed by atoms with E-state index in [4.69, 9.17) is 9.84 Å². The number of halogens is 3. The van der Waals surface area contributed by atoms with Crippen LogP contribution < -0.4 is 9.75 Å². The zero-order valence-electron chi connectivity index (χ0n) is 18.8. The predicted molar refractivity (Wildman–Crippen MR) is 126 cm³/mol. The van der Waals surface area contributed by atoms with Crippen LogP contribution in [0.25, 0.3) is 11.1 Å². The molecule has 182 valence electrons. The maximum atomic E-state index is 13.1. The Kier molecular flexibility index (Phi) is 6.79. The minimum Gasteiger partial charge on any atom is -0.481 e. The van der Waals surface area contributed by atoms with Crippen LogP contribution in [0.2, 0.25) is 0 Å². The van der Waals surface area contributed by atoms with Crippen LogP contribution in [0.15, 0.2) is 71.8 Å². The zero-order valence-corrected chi connectivity index (χ0v) is 18.8. The second-order valence-corrected chi connectivity index (χ2v) is 8.28.